The van der Waals surface area contributed by atoms with E-state index in [4.69, 9.17) is 5.11 Å². The van der Waals surface area contributed by atoms with Gasteiger partial charge in [0.25, 0.3) is 0 Å². The first-order valence-corrected chi connectivity index (χ1v) is 5.54. The van der Waals surface area contributed by atoms with Crippen molar-refractivity contribution < 1.29 is 5.11 Å². The molecule has 1 aromatic rings. The van der Waals surface area contributed by atoms with Crippen molar-refractivity contribution in [1.82, 2.24) is 10.3 Å². The minimum atomic E-state index is 0.0709. The fourth-order valence-corrected chi connectivity index (χ4v) is 2.63. The Hall–Kier alpha value is -0.450. The number of nitrogens with zero attached hydrogens (tertiary/aromatic N) is 1. The van der Waals surface area contributed by atoms with Gasteiger partial charge in [0.05, 0.1) is 17.3 Å². The molecule has 1 aliphatic rings. The third-order valence-electron chi connectivity index (χ3n) is 2.42. The number of rotatable bonds is 2. The van der Waals surface area contributed by atoms with E-state index in [1.807, 2.05) is 5.38 Å². The number of hydrogen-bond donors (Lipinski definition) is 2. The summed E-state index contributed by atoms with van der Waals surface area (Å²) in [5, 5.41) is 15.4. The lowest BCUT2D eigenvalue weighted by Crippen LogP contribution is -2.26. The molecule has 2 heterocycles. The highest BCUT2D eigenvalue weighted by atomic mass is 32.1. The smallest absolute Gasteiger partial charge is 0.0961 e. The number of aromatic nitrogens is 1. The first kappa shape index (κ1) is 9.12. The Morgan fingerprint density at radius 2 is 2.31 bits per heavy atom. The van der Waals surface area contributed by atoms with Crippen molar-refractivity contribution in [2.75, 3.05) is 13.1 Å². The van der Waals surface area contributed by atoms with E-state index in [0.29, 0.717) is 5.92 Å². The van der Waals surface area contributed by atoms with E-state index in [1.165, 1.54) is 17.8 Å². The minimum absolute atomic E-state index is 0.0709. The first-order valence-electron chi connectivity index (χ1n) is 4.66. The van der Waals surface area contributed by atoms with E-state index in [9.17, 15) is 0 Å². The highest BCUT2D eigenvalue weighted by molar-refractivity contribution is 7.09. The molecule has 1 aliphatic heterocycles. The van der Waals surface area contributed by atoms with E-state index in [-0.39, 0.29) is 6.61 Å². The van der Waals surface area contributed by atoms with Gasteiger partial charge in [0, 0.05) is 11.3 Å². The molecule has 2 N–H and O–H groups in total. The predicted octanol–water partition coefficient (Wildman–Crippen LogP) is 1.10. The van der Waals surface area contributed by atoms with Crippen LogP contribution < -0.4 is 5.32 Å². The molecule has 0 bridgehead atoms. The third-order valence-corrected chi connectivity index (χ3v) is 3.48. The van der Waals surface area contributed by atoms with Crippen LogP contribution in [0.3, 0.4) is 0 Å². The number of hydrogen-bond acceptors (Lipinski definition) is 4. The van der Waals surface area contributed by atoms with Crippen molar-refractivity contribution in [2.24, 2.45) is 0 Å². The van der Waals surface area contributed by atoms with Gasteiger partial charge in [-0.05, 0) is 25.9 Å². The third kappa shape index (κ3) is 2.07. The average Bonchev–Trinajstić information content (AvgIpc) is 2.67. The molecule has 2 rings (SSSR count). The second kappa shape index (κ2) is 4.17. The molecule has 4 heteroatoms. The van der Waals surface area contributed by atoms with Crippen molar-refractivity contribution in [2.45, 2.75) is 25.4 Å². The second-order valence-electron chi connectivity index (χ2n) is 3.36. The van der Waals surface area contributed by atoms with Crippen molar-refractivity contribution in [3.05, 3.63) is 16.1 Å². The molecule has 0 atom stereocenters. The monoisotopic (exact) mass is 198 g/mol. The molecular weight excluding hydrogens is 184 g/mol. The van der Waals surface area contributed by atoms with Gasteiger partial charge in [-0.1, -0.05) is 0 Å². The van der Waals surface area contributed by atoms with Crippen LogP contribution in [-0.2, 0) is 6.61 Å². The van der Waals surface area contributed by atoms with Crippen LogP contribution in [0.2, 0.25) is 0 Å². The number of aliphatic hydroxyl groups excluding tert-OH is 1. The summed E-state index contributed by atoms with van der Waals surface area (Å²) in [4.78, 5) is 4.39. The molecule has 0 spiro atoms. The number of piperidine rings is 1. The van der Waals surface area contributed by atoms with Gasteiger partial charge in [-0.3, -0.25) is 0 Å². The summed E-state index contributed by atoms with van der Waals surface area (Å²) < 4.78 is 0. The van der Waals surface area contributed by atoms with E-state index in [0.717, 1.165) is 18.8 Å². The summed E-state index contributed by atoms with van der Waals surface area (Å²) in [7, 11) is 0. The zero-order valence-electron chi connectivity index (χ0n) is 7.49. The zero-order chi connectivity index (χ0) is 9.10. The lowest BCUT2D eigenvalue weighted by atomic mass is 9.99. The van der Waals surface area contributed by atoms with Crippen LogP contribution in [0.15, 0.2) is 5.38 Å². The molecule has 0 amide bonds. The van der Waals surface area contributed by atoms with Gasteiger partial charge in [-0.2, -0.15) is 0 Å². The average molecular weight is 198 g/mol. The van der Waals surface area contributed by atoms with Gasteiger partial charge >= 0.3 is 0 Å². The highest BCUT2D eigenvalue weighted by Crippen LogP contribution is 2.27. The second-order valence-corrected chi connectivity index (χ2v) is 4.25. The summed E-state index contributed by atoms with van der Waals surface area (Å²) >= 11 is 1.68. The molecule has 1 aromatic heterocycles. The maximum atomic E-state index is 8.88. The summed E-state index contributed by atoms with van der Waals surface area (Å²) in [5.41, 5.74) is 0.818. The van der Waals surface area contributed by atoms with Crippen LogP contribution >= 0.6 is 11.3 Å². The maximum absolute atomic E-state index is 8.88. The SMILES string of the molecule is OCc1csc(C2CCNCC2)n1. The van der Waals surface area contributed by atoms with Gasteiger partial charge in [0.2, 0.25) is 0 Å². The van der Waals surface area contributed by atoms with Crippen LogP contribution in [0.1, 0.15) is 29.5 Å². The van der Waals surface area contributed by atoms with Crippen LogP contribution in [0.5, 0.6) is 0 Å². The molecule has 72 valence electrons. The standard InChI is InChI=1S/C9H14N2OS/c12-5-8-6-13-9(11-8)7-1-3-10-4-2-7/h6-7,10,12H,1-5H2. The van der Waals surface area contributed by atoms with E-state index >= 15 is 0 Å². The lowest BCUT2D eigenvalue weighted by molar-refractivity contribution is 0.277. The van der Waals surface area contributed by atoms with Crippen molar-refractivity contribution in [1.29, 1.82) is 0 Å². The molecule has 3 nitrogen and oxygen atoms in total. The molecule has 0 aliphatic carbocycles. The van der Waals surface area contributed by atoms with Crippen LogP contribution in [0.25, 0.3) is 0 Å². The summed E-state index contributed by atoms with van der Waals surface area (Å²) in [6.07, 6.45) is 2.36. The van der Waals surface area contributed by atoms with Crippen molar-refractivity contribution in [3.8, 4) is 0 Å². The van der Waals surface area contributed by atoms with Crippen molar-refractivity contribution >= 4 is 11.3 Å². The van der Waals surface area contributed by atoms with Gasteiger partial charge in [-0.15, -0.1) is 11.3 Å². The van der Waals surface area contributed by atoms with E-state index in [1.54, 1.807) is 11.3 Å². The Morgan fingerprint density at radius 3 is 2.92 bits per heavy atom. The molecule has 1 saturated heterocycles. The van der Waals surface area contributed by atoms with Crippen LogP contribution in [0, 0.1) is 0 Å². The minimum Gasteiger partial charge on any atom is -0.390 e. The fraction of sp³-hybridized carbons (Fsp3) is 0.667. The summed E-state index contributed by atoms with van der Waals surface area (Å²) in [5.74, 6) is 0.617. The van der Waals surface area contributed by atoms with Crippen LogP contribution in [-0.4, -0.2) is 23.2 Å². The largest absolute Gasteiger partial charge is 0.390 e. The first-order chi connectivity index (χ1) is 6.40. The van der Waals surface area contributed by atoms with Gasteiger partial charge < -0.3 is 10.4 Å². The lowest BCUT2D eigenvalue weighted by Gasteiger charge is -2.20. The predicted molar refractivity (Wildman–Crippen MR) is 52.9 cm³/mol. The normalized spacial score (nSPS) is 19.2. The fourth-order valence-electron chi connectivity index (χ4n) is 1.65. The van der Waals surface area contributed by atoms with Gasteiger partial charge in [-0.25, -0.2) is 4.98 Å². The molecule has 0 unspecified atom stereocenters. The van der Waals surface area contributed by atoms with Gasteiger partial charge in [0.15, 0.2) is 0 Å². The summed E-state index contributed by atoms with van der Waals surface area (Å²) in [6, 6.07) is 0. The molecule has 0 radical (unpaired) electrons. The molecular formula is C9H14N2OS. The maximum Gasteiger partial charge on any atom is 0.0961 e. The molecule has 1 fully saturated rings. The number of nitrogens with one attached hydrogen (secondary N) is 1. The number of thiazole rings is 1. The Balaban J connectivity index is 2.05. The van der Waals surface area contributed by atoms with Crippen LogP contribution in [0.4, 0.5) is 0 Å². The number of aliphatic hydroxyl groups is 1. The Labute approximate surface area is 81.8 Å². The Kier molecular flexibility index (Phi) is 2.93. The molecule has 0 aromatic carbocycles. The molecule has 0 saturated carbocycles. The zero-order valence-corrected chi connectivity index (χ0v) is 8.31. The van der Waals surface area contributed by atoms with Gasteiger partial charge in [0.1, 0.15) is 0 Å². The van der Waals surface area contributed by atoms with E-state index < -0.39 is 0 Å². The Bertz CT molecular complexity index is 268. The topological polar surface area (TPSA) is 45.1 Å². The van der Waals surface area contributed by atoms with E-state index in [2.05, 4.69) is 10.3 Å². The van der Waals surface area contributed by atoms with Crippen molar-refractivity contribution in [3.63, 3.8) is 0 Å². The summed E-state index contributed by atoms with van der Waals surface area (Å²) in [6.45, 7) is 2.26. The highest BCUT2D eigenvalue weighted by Gasteiger charge is 2.17. The quantitative estimate of drug-likeness (QED) is 0.748. The molecule has 13 heavy (non-hydrogen) atoms. The Morgan fingerprint density at radius 1 is 1.54 bits per heavy atom.